The summed E-state index contributed by atoms with van der Waals surface area (Å²) < 4.78 is 0. The average molecular weight is 363 g/mol. The molecule has 4 heteroatoms. The number of hydrogen-bond acceptors (Lipinski definition) is 2. The number of hydrogen-bond donors (Lipinski definition) is 2. The standard InChI is InChI=1S/C23H30N4/c1-4-8-27-13-16(9-19-14(2)25-26-15(19)3)10-20-18-6-5-7-21-23(18)17(12-24-21)11-22(20)27/h5-7,12,16,20,22,24H,4,8-11,13H2,1-3H3,(H,25,26)/t16?,20-,22-/m1/s1. The van der Waals surface area contributed by atoms with E-state index in [0.717, 1.165) is 6.42 Å². The van der Waals surface area contributed by atoms with Gasteiger partial charge in [0.15, 0.2) is 0 Å². The van der Waals surface area contributed by atoms with Crippen LogP contribution in [0, 0.1) is 19.8 Å². The first-order valence-electron chi connectivity index (χ1n) is 10.5. The molecule has 4 nitrogen and oxygen atoms in total. The molecule has 1 aliphatic carbocycles. The van der Waals surface area contributed by atoms with Crippen LogP contribution in [0.5, 0.6) is 0 Å². The lowest BCUT2D eigenvalue weighted by molar-refractivity contribution is 0.0845. The summed E-state index contributed by atoms with van der Waals surface area (Å²) in [6.45, 7) is 9.04. The smallest absolute Gasteiger partial charge is 0.0626 e. The van der Waals surface area contributed by atoms with Crippen molar-refractivity contribution in [1.29, 1.82) is 0 Å². The number of benzene rings is 1. The number of aromatic nitrogens is 3. The normalized spacial score (nSPS) is 25.1. The molecule has 0 amide bonds. The first kappa shape index (κ1) is 17.1. The topological polar surface area (TPSA) is 47.7 Å². The zero-order valence-electron chi connectivity index (χ0n) is 16.7. The first-order chi connectivity index (χ1) is 13.2. The molecule has 3 atom stereocenters. The number of aromatic amines is 2. The van der Waals surface area contributed by atoms with Crippen LogP contribution in [-0.2, 0) is 12.8 Å². The molecule has 1 saturated heterocycles. The molecule has 0 radical (unpaired) electrons. The van der Waals surface area contributed by atoms with Crippen LogP contribution in [0.3, 0.4) is 0 Å². The fraction of sp³-hybridized carbons (Fsp3) is 0.522. The minimum Gasteiger partial charge on any atom is -0.361 e. The third-order valence-corrected chi connectivity index (χ3v) is 6.95. The second-order valence-electron chi connectivity index (χ2n) is 8.68. The summed E-state index contributed by atoms with van der Waals surface area (Å²) in [7, 11) is 0. The zero-order chi connectivity index (χ0) is 18.5. The molecule has 1 unspecified atom stereocenters. The summed E-state index contributed by atoms with van der Waals surface area (Å²) in [5, 5.41) is 9.11. The van der Waals surface area contributed by atoms with E-state index in [1.807, 2.05) is 0 Å². The minimum absolute atomic E-state index is 0.648. The highest BCUT2D eigenvalue weighted by Gasteiger charge is 2.40. The molecule has 1 aliphatic heterocycles. The molecule has 2 aromatic heterocycles. The number of piperidine rings is 1. The third-order valence-electron chi connectivity index (χ3n) is 6.95. The molecule has 2 N–H and O–H groups in total. The Morgan fingerprint density at radius 1 is 1.26 bits per heavy atom. The van der Waals surface area contributed by atoms with Crippen LogP contribution in [0.4, 0.5) is 0 Å². The second-order valence-corrected chi connectivity index (χ2v) is 8.68. The van der Waals surface area contributed by atoms with Crippen LogP contribution in [-0.4, -0.2) is 39.2 Å². The molecule has 0 saturated carbocycles. The van der Waals surface area contributed by atoms with Crippen LogP contribution in [0.2, 0.25) is 0 Å². The van der Waals surface area contributed by atoms with E-state index in [0.29, 0.717) is 17.9 Å². The lowest BCUT2D eigenvalue weighted by Crippen LogP contribution is -2.50. The quantitative estimate of drug-likeness (QED) is 0.718. The highest BCUT2D eigenvalue weighted by atomic mass is 15.2. The van der Waals surface area contributed by atoms with Gasteiger partial charge in [0.1, 0.15) is 0 Å². The number of rotatable bonds is 4. The number of nitrogens with zero attached hydrogens (tertiary/aromatic N) is 2. The molecule has 5 rings (SSSR count). The van der Waals surface area contributed by atoms with Crippen LogP contribution in [0.15, 0.2) is 24.4 Å². The first-order valence-corrected chi connectivity index (χ1v) is 10.5. The van der Waals surface area contributed by atoms with Gasteiger partial charge in [-0.3, -0.25) is 10.00 Å². The van der Waals surface area contributed by atoms with Crippen LogP contribution >= 0.6 is 0 Å². The largest absolute Gasteiger partial charge is 0.361 e. The maximum atomic E-state index is 4.43. The number of aryl methyl sites for hydroxylation is 2. The summed E-state index contributed by atoms with van der Waals surface area (Å²) in [6.07, 6.45) is 7.10. The molecule has 3 aromatic rings. The molecule has 1 fully saturated rings. The van der Waals surface area contributed by atoms with Crippen LogP contribution in [0.1, 0.15) is 53.8 Å². The van der Waals surface area contributed by atoms with Crippen molar-refractivity contribution in [3.8, 4) is 0 Å². The maximum absolute atomic E-state index is 4.43. The summed E-state index contributed by atoms with van der Waals surface area (Å²) in [5.74, 6) is 1.35. The van der Waals surface area contributed by atoms with Crippen LogP contribution in [0.25, 0.3) is 10.9 Å². The van der Waals surface area contributed by atoms with Gasteiger partial charge in [-0.2, -0.15) is 5.10 Å². The molecule has 2 aliphatic rings. The lowest BCUT2D eigenvalue weighted by atomic mass is 9.71. The number of likely N-dealkylation sites (tertiary alicyclic amines) is 1. The second kappa shape index (κ2) is 6.52. The van der Waals surface area contributed by atoms with Gasteiger partial charge in [-0.15, -0.1) is 0 Å². The maximum Gasteiger partial charge on any atom is 0.0626 e. The van der Waals surface area contributed by atoms with Crippen molar-refractivity contribution in [2.24, 2.45) is 5.92 Å². The number of H-pyrrole nitrogens is 2. The van der Waals surface area contributed by atoms with E-state index < -0.39 is 0 Å². The fourth-order valence-corrected chi connectivity index (χ4v) is 5.75. The summed E-state index contributed by atoms with van der Waals surface area (Å²) in [6, 6.07) is 7.50. The predicted octanol–water partition coefficient (Wildman–Crippen LogP) is 4.49. The summed E-state index contributed by atoms with van der Waals surface area (Å²) in [4.78, 5) is 6.30. The van der Waals surface area contributed by atoms with E-state index in [1.54, 1.807) is 5.56 Å². The van der Waals surface area contributed by atoms with Gasteiger partial charge in [-0.1, -0.05) is 19.1 Å². The highest BCUT2D eigenvalue weighted by Crippen LogP contribution is 2.45. The van der Waals surface area contributed by atoms with Crippen molar-refractivity contribution in [2.45, 2.75) is 58.4 Å². The fourth-order valence-electron chi connectivity index (χ4n) is 5.75. The van der Waals surface area contributed by atoms with Crippen molar-refractivity contribution in [3.05, 3.63) is 52.5 Å². The van der Waals surface area contributed by atoms with Gasteiger partial charge in [-0.25, -0.2) is 0 Å². The SMILES string of the molecule is CCCN1CC(Cc2c(C)n[nH]c2C)C[C@@H]2c3cccc4[nH]cc(c34)C[C@H]21. The van der Waals surface area contributed by atoms with E-state index in [-0.39, 0.29) is 0 Å². The Hall–Kier alpha value is -2.07. The Bertz CT molecular complexity index is 947. The minimum atomic E-state index is 0.648. The number of nitrogens with one attached hydrogen (secondary N) is 2. The monoisotopic (exact) mass is 362 g/mol. The highest BCUT2D eigenvalue weighted by molar-refractivity contribution is 5.88. The molecular formula is C23H30N4. The van der Waals surface area contributed by atoms with E-state index in [4.69, 9.17) is 0 Å². The van der Waals surface area contributed by atoms with E-state index in [2.05, 4.69) is 65.2 Å². The molecular weight excluding hydrogens is 332 g/mol. The summed E-state index contributed by atoms with van der Waals surface area (Å²) in [5.41, 5.74) is 8.26. The van der Waals surface area contributed by atoms with Crippen molar-refractivity contribution >= 4 is 10.9 Å². The van der Waals surface area contributed by atoms with Crippen molar-refractivity contribution in [2.75, 3.05) is 13.1 Å². The van der Waals surface area contributed by atoms with Crippen LogP contribution < -0.4 is 0 Å². The lowest BCUT2D eigenvalue weighted by Gasteiger charge is -2.47. The van der Waals surface area contributed by atoms with Gasteiger partial charge in [0, 0.05) is 41.3 Å². The van der Waals surface area contributed by atoms with E-state index in [1.165, 1.54) is 65.8 Å². The predicted molar refractivity (Wildman–Crippen MR) is 110 cm³/mol. The van der Waals surface area contributed by atoms with Gasteiger partial charge >= 0.3 is 0 Å². The Kier molecular flexibility index (Phi) is 4.12. The molecule has 0 bridgehead atoms. The van der Waals surface area contributed by atoms with Crippen molar-refractivity contribution < 1.29 is 0 Å². The van der Waals surface area contributed by atoms with Gasteiger partial charge in [0.05, 0.1) is 5.69 Å². The Morgan fingerprint density at radius 2 is 2.15 bits per heavy atom. The van der Waals surface area contributed by atoms with Gasteiger partial charge < -0.3 is 4.98 Å². The van der Waals surface area contributed by atoms with Crippen molar-refractivity contribution in [3.63, 3.8) is 0 Å². The van der Waals surface area contributed by atoms with Crippen molar-refractivity contribution in [1.82, 2.24) is 20.1 Å². The number of fused-ring (bicyclic) bond motifs is 2. The molecule has 142 valence electrons. The molecule has 1 aromatic carbocycles. The van der Waals surface area contributed by atoms with E-state index >= 15 is 0 Å². The molecule has 0 spiro atoms. The Labute approximate surface area is 161 Å². The Morgan fingerprint density at radius 3 is 2.93 bits per heavy atom. The molecule has 3 heterocycles. The third kappa shape index (κ3) is 2.73. The average Bonchev–Trinajstić information content (AvgIpc) is 3.22. The van der Waals surface area contributed by atoms with E-state index in [9.17, 15) is 0 Å². The van der Waals surface area contributed by atoms with Gasteiger partial charge in [0.2, 0.25) is 0 Å². The zero-order valence-corrected chi connectivity index (χ0v) is 16.7. The molecule has 27 heavy (non-hydrogen) atoms. The summed E-state index contributed by atoms with van der Waals surface area (Å²) >= 11 is 0. The van der Waals surface area contributed by atoms with Gasteiger partial charge in [0.25, 0.3) is 0 Å². The van der Waals surface area contributed by atoms with Gasteiger partial charge in [-0.05, 0) is 74.8 Å². The Balaban J connectivity index is 1.51.